The minimum Gasteiger partial charge on any atom is -0.393 e. The monoisotopic (exact) mass is 438 g/mol. The van der Waals surface area contributed by atoms with Gasteiger partial charge in [-0.1, -0.05) is 13.8 Å². The van der Waals surface area contributed by atoms with Gasteiger partial charge in [0.15, 0.2) is 0 Å². The quantitative estimate of drug-likeness (QED) is 0.752. The lowest BCUT2D eigenvalue weighted by Gasteiger charge is -2.41. The molecule has 0 radical (unpaired) electrons. The van der Waals surface area contributed by atoms with E-state index in [0.717, 1.165) is 63.7 Å². The smallest absolute Gasteiger partial charge is 0.230 e. The number of nitrogens with zero attached hydrogens (tertiary/aromatic N) is 3. The van der Waals surface area contributed by atoms with Crippen molar-refractivity contribution >= 4 is 23.2 Å². The van der Waals surface area contributed by atoms with Crippen LogP contribution in [0.15, 0.2) is 18.2 Å². The Balaban J connectivity index is 1.50. The number of anilines is 2. The summed E-state index contributed by atoms with van der Waals surface area (Å²) in [6.45, 7) is 5.90. The van der Waals surface area contributed by atoms with Crippen LogP contribution in [-0.2, 0) is 9.59 Å². The van der Waals surface area contributed by atoms with Crippen LogP contribution in [0.5, 0.6) is 0 Å². The number of hydrogen-bond acceptors (Lipinski definition) is 5. The van der Waals surface area contributed by atoms with Crippen LogP contribution in [0.3, 0.4) is 0 Å². The number of aliphatic hydroxyl groups excluding tert-OH is 1. The summed E-state index contributed by atoms with van der Waals surface area (Å²) >= 11 is 0. The van der Waals surface area contributed by atoms with Crippen molar-refractivity contribution < 1.29 is 14.7 Å². The van der Waals surface area contributed by atoms with Gasteiger partial charge in [0.1, 0.15) is 6.07 Å². The summed E-state index contributed by atoms with van der Waals surface area (Å²) in [6, 6.07) is 7.99. The molecule has 1 aromatic rings. The molecule has 7 heteroatoms. The van der Waals surface area contributed by atoms with E-state index in [2.05, 4.69) is 21.2 Å². The molecule has 2 aliphatic heterocycles. The van der Waals surface area contributed by atoms with Crippen LogP contribution in [-0.4, -0.2) is 53.6 Å². The molecule has 7 nitrogen and oxygen atoms in total. The van der Waals surface area contributed by atoms with E-state index in [1.54, 1.807) is 6.07 Å². The van der Waals surface area contributed by atoms with Gasteiger partial charge in [0.25, 0.3) is 0 Å². The Labute approximate surface area is 190 Å². The number of carbonyl (C=O) groups excluding carboxylic acids is 2. The number of nitrogens with one attached hydrogen (secondary N) is 1. The predicted octanol–water partition coefficient (Wildman–Crippen LogP) is 3.28. The van der Waals surface area contributed by atoms with Gasteiger partial charge in [0, 0.05) is 37.3 Å². The normalized spacial score (nSPS) is 28.3. The van der Waals surface area contributed by atoms with Crippen LogP contribution in [0.1, 0.15) is 64.4 Å². The second-order valence-electron chi connectivity index (χ2n) is 10.0. The fraction of sp³-hybridized carbons (Fsp3) is 0.640. The first-order chi connectivity index (χ1) is 15.3. The van der Waals surface area contributed by atoms with Gasteiger partial charge in [-0.25, -0.2) is 0 Å². The van der Waals surface area contributed by atoms with Crippen molar-refractivity contribution in [3.63, 3.8) is 0 Å². The first-order valence-corrected chi connectivity index (χ1v) is 11.9. The molecule has 3 fully saturated rings. The van der Waals surface area contributed by atoms with Gasteiger partial charge in [-0.3, -0.25) is 9.59 Å². The summed E-state index contributed by atoms with van der Waals surface area (Å²) < 4.78 is 0. The number of likely N-dealkylation sites (tertiary alicyclic amines) is 1. The number of amides is 2. The maximum absolute atomic E-state index is 13.6. The van der Waals surface area contributed by atoms with Crippen LogP contribution in [0, 0.1) is 22.7 Å². The van der Waals surface area contributed by atoms with Crippen LogP contribution in [0.25, 0.3) is 0 Å². The maximum atomic E-state index is 13.6. The van der Waals surface area contributed by atoms with Crippen LogP contribution < -0.4 is 10.2 Å². The summed E-state index contributed by atoms with van der Waals surface area (Å²) in [5.41, 5.74) is 1.60. The van der Waals surface area contributed by atoms with Crippen LogP contribution in [0.2, 0.25) is 0 Å². The first-order valence-electron chi connectivity index (χ1n) is 11.9. The molecule has 0 bridgehead atoms. The minimum absolute atomic E-state index is 0.0783. The molecule has 1 aliphatic carbocycles. The fourth-order valence-corrected chi connectivity index (χ4v) is 5.55. The largest absolute Gasteiger partial charge is 0.393 e. The number of benzene rings is 1. The summed E-state index contributed by atoms with van der Waals surface area (Å²) in [4.78, 5) is 29.8. The molecule has 3 aliphatic rings. The molecule has 1 saturated carbocycles. The predicted molar refractivity (Wildman–Crippen MR) is 123 cm³/mol. The van der Waals surface area contributed by atoms with Crippen molar-refractivity contribution in [1.82, 2.24) is 4.90 Å². The molecule has 0 aromatic heterocycles. The molecule has 1 spiro atoms. The highest BCUT2D eigenvalue weighted by molar-refractivity contribution is 5.92. The summed E-state index contributed by atoms with van der Waals surface area (Å²) in [7, 11) is 0. The van der Waals surface area contributed by atoms with Gasteiger partial charge < -0.3 is 20.2 Å². The Morgan fingerprint density at radius 2 is 1.97 bits per heavy atom. The molecule has 32 heavy (non-hydrogen) atoms. The average Bonchev–Trinajstić information content (AvgIpc) is 3.09. The van der Waals surface area contributed by atoms with Crippen molar-refractivity contribution in [3.8, 4) is 6.07 Å². The van der Waals surface area contributed by atoms with E-state index in [4.69, 9.17) is 0 Å². The third kappa shape index (κ3) is 4.33. The van der Waals surface area contributed by atoms with E-state index in [1.807, 2.05) is 26.0 Å². The van der Waals surface area contributed by atoms with Crippen LogP contribution >= 0.6 is 0 Å². The molecule has 2 N–H and O–H groups in total. The molecule has 172 valence electrons. The standard InChI is InChI=1S/C25H34N4O3/c1-17(2)23(31)27-19-4-9-22(18(14-19)15-26)28-12-3-10-25(16-28)11-13-29(24(25)32)20-5-7-21(30)8-6-20/h4,9,14,17,20-21,30H,3,5-8,10-13,16H2,1-2H3,(H,27,31)/t20-,21-,25-/m1/s1. The Kier molecular flexibility index (Phi) is 6.43. The van der Waals surface area contributed by atoms with Crippen molar-refractivity contribution in [1.29, 1.82) is 5.26 Å². The van der Waals surface area contributed by atoms with Crippen molar-refractivity contribution in [3.05, 3.63) is 23.8 Å². The van der Waals surface area contributed by atoms with Gasteiger partial charge in [-0.05, 0) is 63.1 Å². The number of piperidine rings is 1. The van der Waals surface area contributed by atoms with E-state index in [0.29, 0.717) is 17.8 Å². The molecule has 1 aromatic carbocycles. The highest BCUT2D eigenvalue weighted by Gasteiger charge is 2.50. The summed E-state index contributed by atoms with van der Waals surface area (Å²) in [6.07, 6.45) is 5.76. The lowest BCUT2D eigenvalue weighted by molar-refractivity contribution is -0.139. The van der Waals surface area contributed by atoms with E-state index in [1.165, 1.54) is 0 Å². The topological polar surface area (TPSA) is 96.7 Å². The third-order valence-electron chi connectivity index (χ3n) is 7.48. The third-order valence-corrected chi connectivity index (χ3v) is 7.48. The highest BCUT2D eigenvalue weighted by atomic mass is 16.3. The van der Waals surface area contributed by atoms with Crippen molar-refractivity contribution in [2.45, 2.75) is 70.9 Å². The van der Waals surface area contributed by atoms with Gasteiger partial charge in [-0.15, -0.1) is 0 Å². The lowest BCUT2D eigenvalue weighted by Crippen LogP contribution is -2.50. The number of aliphatic hydroxyl groups is 1. The number of carbonyl (C=O) groups is 2. The van der Waals surface area contributed by atoms with Gasteiger partial charge in [0.05, 0.1) is 22.8 Å². The van der Waals surface area contributed by atoms with Crippen molar-refractivity contribution in [2.24, 2.45) is 11.3 Å². The van der Waals surface area contributed by atoms with E-state index in [-0.39, 0.29) is 35.3 Å². The van der Waals surface area contributed by atoms with Gasteiger partial charge >= 0.3 is 0 Å². The Morgan fingerprint density at radius 1 is 1.22 bits per heavy atom. The molecule has 0 unspecified atom stereocenters. The van der Waals surface area contributed by atoms with E-state index in [9.17, 15) is 20.0 Å². The zero-order chi connectivity index (χ0) is 22.9. The average molecular weight is 439 g/mol. The SMILES string of the molecule is CC(C)C(=O)Nc1ccc(N2CCC[C@@]3(CCN([C@H]4CC[C@H](O)CC4)C3=O)C2)c(C#N)c1. The Hall–Kier alpha value is -2.59. The maximum Gasteiger partial charge on any atom is 0.230 e. The van der Waals surface area contributed by atoms with Crippen LogP contribution in [0.4, 0.5) is 11.4 Å². The second kappa shape index (κ2) is 9.11. The van der Waals surface area contributed by atoms with Gasteiger partial charge in [-0.2, -0.15) is 5.26 Å². The molecule has 2 amide bonds. The number of nitriles is 1. The lowest BCUT2D eigenvalue weighted by atomic mass is 9.78. The van der Waals surface area contributed by atoms with Gasteiger partial charge in [0.2, 0.25) is 11.8 Å². The van der Waals surface area contributed by atoms with Crippen molar-refractivity contribution in [2.75, 3.05) is 29.9 Å². The molecule has 1 atom stereocenters. The highest BCUT2D eigenvalue weighted by Crippen LogP contribution is 2.44. The second-order valence-corrected chi connectivity index (χ2v) is 10.0. The van der Waals surface area contributed by atoms with E-state index < -0.39 is 0 Å². The summed E-state index contributed by atoms with van der Waals surface area (Å²) in [5.74, 6) is 0.0410. The number of hydrogen-bond donors (Lipinski definition) is 2. The molecule has 4 rings (SSSR count). The Bertz CT molecular complexity index is 916. The summed E-state index contributed by atoms with van der Waals surface area (Å²) in [5, 5.41) is 22.5. The zero-order valence-corrected chi connectivity index (χ0v) is 19.1. The Morgan fingerprint density at radius 3 is 2.66 bits per heavy atom. The first kappa shape index (κ1) is 22.6. The molecular weight excluding hydrogens is 404 g/mol. The fourth-order valence-electron chi connectivity index (χ4n) is 5.55. The van der Waals surface area contributed by atoms with E-state index >= 15 is 0 Å². The minimum atomic E-state index is -0.383. The number of rotatable bonds is 4. The molecule has 2 saturated heterocycles. The molecular formula is C25H34N4O3. The zero-order valence-electron chi connectivity index (χ0n) is 19.1. The molecule has 2 heterocycles.